The third kappa shape index (κ3) is 5.45. The molecule has 1 aliphatic heterocycles. The summed E-state index contributed by atoms with van der Waals surface area (Å²) >= 11 is -0.418. The molecular formula is C11H21INO3-. The Morgan fingerprint density at radius 1 is 1.50 bits per heavy atom. The van der Waals surface area contributed by atoms with Crippen LogP contribution in [0.2, 0.25) is 0 Å². The van der Waals surface area contributed by atoms with Gasteiger partial charge in [-0.25, -0.2) is 0 Å². The molecule has 2 N–H and O–H groups in total. The predicted octanol–water partition coefficient (Wildman–Crippen LogP) is -2.16. The zero-order chi connectivity index (χ0) is 11.8. The SMILES string of the molecule is CCCCC[I-]OC(=O)[C@@H]1CC[C@H](O)CN1. The number of alkyl halides is 1. The van der Waals surface area contributed by atoms with Gasteiger partial charge in [0.2, 0.25) is 0 Å². The Hall–Kier alpha value is 0.120. The molecule has 1 heterocycles. The third-order valence-electron chi connectivity index (χ3n) is 2.62. The van der Waals surface area contributed by atoms with Gasteiger partial charge in [-0.1, -0.05) is 0 Å². The Kier molecular flexibility index (Phi) is 7.31. The van der Waals surface area contributed by atoms with Crippen LogP contribution in [0, 0.1) is 0 Å². The normalized spacial score (nSPS) is 25.6. The molecule has 16 heavy (non-hydrogen) atoms. The van der Waals surface area contributed by atoms with Gasteiger partial charge in [0.15, 0.2) is 0 Å². The quantitative estimate of drug-likeness (QED) is 0.328. The van der Waals surface area contributed by atoms with E-state index in [2.05, 4.69) is 12.2 Å². The number of unbranched alkanes of at least 4 members (excludes halogenated alkanes) is 2. The molecule has 2 atom stereocenters. The molecule has 0 aliphatic carbocycles. The van der Waals surface area contributed by atoms with Gasteiger partial charge in [-0.15, -0.1) is 0 Å². The van der Waals surface area contributed by atoms with Gasteiger partial charge in [-0.2, -0.15) is 0 Å². The minimum atomic E-state index is -0.418. The number of hydrogen-bond donors (Lipinski definition) is 2. The average Bonchev–Trinajstić information content (AvgIpc) is 2.29. The summed E-state index contributed by atoms with van der Waals surface area (Å²) < 4.78 is 6.35. The first-order valence-electron chi connectivity index (χ1n) is 5.95. The van der Waals surface area contributed by atoms with Crippen LogP contribution in [0.5, 0.6) is 0 Å². The van der Waals surface area contributed by atoms with E-state index in [4.69, 9.17) is 3.07 Å². The fourth-order valence-corrected chi connectivity index (χ4v) is 3.27. The van der Waals surface area contributed by atoms with Crippen molar-refractivity contribution in [1.82, 2.24) is 5.32 Å². The maximum atomic E-state index is 11.6. The summed E-state index contributed by atoms with van der Waals surface area (Å²) in [7, 11) is 0. The van der Waals surface area contributed by atoms with Crippen LogP contribution in [0.3, 0.4) is 0 Å². The van der Waals surface area contributed by atoms with Crippen molar-refractivity contribution in [2.75, 3.05) is 11.0 Å². The van der Waals surface area contributed by atoms with E-state index < -0.39 is 21.6 Å². The molecular weight excluding hydrogens is 321 g/mol. The van der Waals surface area contributed by atoms with E-state index in [1.807, 2.05) is 0 Å². The number of aliphatic hydroxyl groups is 1. The van der Waals surface area contributed by atoms with Gasteiger partial charge in [-0.3, -0.25) is 0 Å². The van der Waals surface area contributed by atoms with Crippen LogP contribution in [0.15, 0.2) is 0 Å². The summed E-state index contributed by atoms with van der Waals surface area (Å²) in [4.78, 5) is 11.6. The molecule has 5 heteroatoms. The molecule has 0 bridgehead atoms. The van der Waals surface area contributed by atoms with Gasteiger partial charge in [0.25, 0.3) is 0 Å². The van der Waals surface area contributed by atoms with Crippen LogP contribution < -0.4 is 26.9 Å². The Labute approximate surface area is 108 Å². The van der Waals surface area contributed by atoms with Gasteiger partial charge in [-0.05, 0) is 0 Å². The Balaban J connectivity index is 2.06. The average molecular weight is 342 g/mol. The predicted molar refractivity (Wildman–Crippen MR) is 57.5 cm³/mol. The van der Waals surface area contributed by atoms with Gasteiger partial charge in [0.1, 0.15) is 0 Å². The van der Waals surface area contributed by atoms with Crippen molar-refractivity contribution in [3.8, 4) is 0 Å². The standard InChI is InChI=1S/C11H21INO3/c1-2-3-4-7-12-16-11(15)10-6-5-9(14)8-13-10/h9-10,13-14H,2-8H2,1H3/q-1/t9-,10-/m0/s1. The summed E-state index contributed by atoms with van der Waals surface area (Å²) in [5.41, 5.74) is 0. The Bertz CT molecular complexity index is 205. The van der Waals surface area contributed by atoms with Crippen LogP contribution in [0.1, 0.15) is 39.0 Å². The van der Waals surface area contributed by atoms with Gasteiger partial charge >= 0.3 is 108 Å². The second-order valence-electron chi connectivity index (χ2n) is 4.09. The monoisotopic (exact) mass is 342 g/mol. The Morgan fingerprint density at radius 3 is 2.94 bits per heavy atom. The van der Waals surface area contributed by atoms with E-state index in [1.165, 1.54) is 19.3 Å². The molecule has 0 spiro atoms. The van der Waals surface area contributed by atoms with Crippen LogP contribution in [-0.4, -0.2) is 34.2 Å². The van der Waals surface area contributed by atoms with E-state index >= 15 is 0 Å². The maximum absolute atomic E-state index is 11.6. The topological polar surface area (TPSA) is 58.6 Å². The van der Waals surface area contributed by atoms with Crippen LogP contribution in [0.4, 0.5) is 0 Å². The molecule has 4 nitrogen and oxygen atoms in total. The van der Waals surface area contributed by atoms with Crippen molar-refractivity contribution in [3.05, 3.63) is 0 Å². The molecule has 0 aromatic rings. The molecule has 1 saturated heterocycles. The molecule has 0 amide bonds. The first kappa shape index (κ1) is 14.2. The summed E-state index contributed by atoms with van der Waals surface area (Å²) in [6.45, 7) is 2.68. The molecule has 1 fully saturated rings. The molecule has 0 aromatic heterocycles. The van der Waals surface area contributed by atoms with Crippen molar-refractivity contribution in [1.29, 1.82) is 0 Å². The van der Waals surface area contributed by atoms with E-state index in [1.54, 1.807) is 0 Å². The zero-order valence-electron chi connectivity index (χ0n) is 9.75. The first-order chi connectivity index (χ1) is 7.74. The van der Waals surface area contributed by atoms with Gasteiger partial charge in [0, 0.05) is 0 Å². The number of β-amino-alcohol motifs (C(OH)–C–C–N with tert-alkyl or cyclic N) is 1. The zero-order valence-corrected chi connectivity index (χ0v) is 11.9. The van der Waals surface area contributed by atoms with E-state index in [0.29, 0.717) is 19.4 Å². The fourth-order valence-electron chi connectivity index (χ4n) is 1.59. The van der Waals surface area contributed by atoms with Crippen LogP contribution >= 0.6 is 0 Å². The van der Waals surface area contributed by atoms with Crippen molar-refractivity contribution in [2.45, 2.75) is 51.2 Å². The van der Waals surface area contributed by atoms with Crippen molar-refractivity contribution >= 4 is 5.97 Å². The second kappa shape index (κ2) is 8.25. The summed E-state index contributed by atoms with van der Waals surface area (Å²) in [5.74, 6) is -0.115. The van der Waals surface area contributed by atoms with E-state index in [-0.39, 0.29) is 18.1 Å². The molecule has 96 valence electrons. The molecule has 0 unspecified atom stereocenters. The molecule has 0 aromatic carbocycles. The van der Waals surface area contributed by atoms with E-state index in [9.17, 15) is 9.90 Å². The second-order valence-corrected chi connectivity index (χ2v) is 6.24. The molecule has 1 rings (SSSR count). The summed E-state index contributed by atoms with van der Waals surface area (Å²) in [6, 6.07) is -0.186. The number of carbonyl (C=O) groups excluding carboxylic acids is 1. The number of aliphatic hydroxyl groups excluding tert-OH is 1. The number of hydrogen-bond acceptors (Lipinski definition) is 4. The summed E-state index contributed by atoms with van der Waals surface area (Å²) in [6.07, 6.45) is 4.70. The minimum absolute atomic E-state index is 0.115. The van der Waals surface area contributed by atoms with Gasteiger partial charge in [0.05, 0.1) is 0 Å². The molecule has 1 aliphatic rings. The van der Waals surface area contributed by atoms with Crippen molar-refractivity contribution < 1.29 is 34.6 Å². The number of rotatable bonds is 6. The Morgan fingerprint density at radius 2 is 2.31 bits per heavy atom. The van der Waals surface area contributed by atoms with Crippen molar-refractivity contribution in [2.24, 2.45) is 0 Å². The molecule has 0 radical (unpaired) electrons. The van der Waals surface area contributed by atoms with E-state index in [0.717, 1.165) is 4.43 Å². The fraction of sp³-hybridized carbons (Fsp3) is 0.909. The number of nitrogens with one attached hydrogen (secondary N) is 1. The molecule has 0 saturated carbocycles. The number of halogens is 1. The van der Waals surface area contributed by atoms with Crippen LogP contribution in [-0.2, 0) is 7.86 Å². The first-order valence-corrected chi connectivity index (χ1v) is 8.36. The third-order valence-corrected chi connectivity index (χ3v) is 4.57. The number of piperidine rings is 1. The van der Waals surface area contributed by atoms with Gasteiger partial charge < -0.3 is 0 Å². The number of carbonyl (C=O) groups is 1. The summed E-state index contributed by atoms with van der Waals surface area (Å²) in [5, 5.41) is 12.3. The van der Waals surface area contributed by atoms with Crippen LogP contribution in [0.25, 0.3) is 0 Å². The van der Waals surface area contributed by atoms with Crippen molar-refractivity contribution in [3.63, 3.8) is 0 Å².